The number of hydrogen-bond acceptors (Lipinski definition) is 5. The van der Waals surface area contributed by atoms with Crippen molar-refractivity contribution in [3.8, 4) is 0 Å². The molecule has 0 spiro atoms. The van der Waals surface area contributed by atoms with Crippen molar-refractivity contribution in [1.82, 2.24) is 0 Å². The summed E-state index contributed by atoms with van der Waals surface area (Å²) in [7, 11) is 1.10. The topological polar surface area (TPSA) is 89.8 Å². The van der Waals surface area contributed by atoms with Crippen LogP contribution in [0.25, 0.3) is 0 Å². The van der Waals surface area contributed by atoms with E-state index in [1.807, 2.05) is 0 Å². The SMILES string of the molecule is COC(=O)C(=O)N(c1ccccc1[N+](=O)[O-])C1CC1. The van der Waals surface area contributed by atoms with Gasteiger partial charge in [-0.25, -0.2) is 4.79 Å². The van der Waals surface area contributed by atoms with Crippen molar-refractivity contribution in [3.05, 3.63) is 34.4 Å². The molecular formula is C12H12N2O5. The van der Waals surface area contributed by atoms with E-state index in [1.54, 1.807) is 6.07 Å². The molecule has 0 heterocycles. The van der Waals surface area contributed by atoms with E-state index in [4.69, 9.17) is 0 Å². The van der Waals surface area contributed by atoms with Crippen LogP contribution in [0.3, 0.4) is 0 Å². The molecule has 0 bridgehead atoms. The van der Waals surface area contributed by atoms with Crippen LogP contribution in [0.4, 0.5) is 11.4 Å². The number of amides is 1. The smallest absolute Gasteiger partial charge is 0.397 e. The number of carbonyl (C=O) groups is 2. The Morgan fingerprint density at radius 3 is 2.53 bits per heavy atom. The lowest BCUT2D eigenvalue weighted by atomic mass is 10.2. The average Bonchev–Trinajstić information content (AvgIpc) is 3.23. The number of benzene rings is 1. The van der Waals surface area contributed by atoms with Gasteiger partial charge in [-0.1, -0.05) is 12.1 Å². The molecule has 1 saturated carbocycles. The summed E-state index contributed by atoms with van der Waals surface area (Å²) in [5.41, 5.74) is -0.0722. The Balaban J connectivity index is 2.43. The normalized spacial score (nSPS) is 13.7. The summed E-state index contributed by atoms with van der Waals surface area (Å²) in [5.74, 6) is -1.90. The minimum Gasteiger partial charge on any atom is -0.462 e. The van der Waals surface area contributed by atoms with Gasteiger partial charge in [0.05, 0.1) is 12.0 Å². The zero-order valence-electron chi connectivity index (χ0n) is 10.2. The van der Waals surface area contributed by atoms with Gasteiger partial charge in [-0.15, -0.1) is 0 Å². The monoisotopic (exact) mass is 264 g/mol. The summed E-state index contributed by atoms with van der Waals surface area (Å²) < 4.78 is 4.39. The fraction of sp³-hybridized carbons (Fsp3) is 0.333. The number of nitrogens with zero attached hydrogens (tertiary/aromatic N) is 2. The fourth-order valence-corrected chi connectivity index (χ4v) is 1.81. The second-order valence-electron chi connectivity index (χ2n) is 4.14. The lowest BCUT2D eigenvalue weighted by Crippen LogP contribution is -2.39. The minimum absolute atomic E-state index is 0.130. The van der Waals surface area contributed by atoms with Crippen LogP contribution in [0.15, 0.2) is 24.3 Å². The summed E-state index contributed by atoms with van der Waals surface area (Å²) in [6.45, 7) is 0. The predicted octanol–water partition coefficient (Wildman–Crippen LogP) is 1.26. The van der Waals surface area contributed by atoms with Gasteiger partial charge in [-0.3, -0.25) is 19.8 Å². The number of para-hydroxylation sites is 2. The molecule has 7 nitrogen and oxygen atoms in total. The van der Waals surface area contributed by atoms with E-state index in [9.17, 15) is 19.7 Å². The molecule has 1 aliphatic carbocycles. The summed E-state index contributed by atoms with van der Waals surface area (Å²) in [4.78, 5) is 34.9. The molecule has 0 N–H and O–H groups in total. The highest BCUT2D eigenvalue weighted by Crippen LogP contribution is 2.36. The Hall–Kier alpha value is -2.44. The summed E-state index contributed by atoms with van der Waals surface area (Å²) >= 11 is 0. The van der Waals surface area contributed by atoms with Gasteiger partial charge in [0.25, 0.3) is 5.69 Å². The van der Waals surface area contributed by atoms with E-state index < -0.39 is 16.8 Å². The zero-order valence-corrected chi connectivity index (χ0v) is 10.2. The summed E-state index contributed by atoms with van der Waals surface area (Å²) in [6.07, 6.45) is 1.43. The predicted molar refractivity (Wildman–Crippen MR) is 65.6 cm³/mol. The highest BCUT2D eigenvalue weighted by molar-refractivity contribution is 6.38. The van der Waals surface area contributed by atoms with Crippen LogP contribution in [-0.2, 0) is 14.3 Å². The Morgan fingerprint density at radius 1 is 1.37 bits per heavy atom. The lowest BCUT2D eigenvalue weighted by Gasteiger charge is -2.20. The first-order valence-corrected chi connectivity index (χ1v) is 5.71. The maximum atomic E-state index is 12.0. The van der Waals surface area contributed by atoms with Crippen molar-refractivity contribution >= 4 is 23.3 Å². The van der Waals surface area contributed by atoms with E-state index in [0.29, 0.717) is 0 Å². The number of nitro groups is 1. The van der Waals surface area contributed by atoms with Crippen LogP contribution in [0.2, 0.25) is 0 Å². The zero-order chi connectivity index (χ0) is 14.0. The number of esters is 1. The number of rotatable bonds is 3. The molecule has 100 valence electrons. The molecule has 0 atom stereocenters. The van der Waals surface area contributed by atoms with Gasteiger partial charge >= 0.3 is 11.9 Å². The Labute approximate surface area is 108 Å². The van der Waals surface area contributed by atoms with Crippen molar-refractivity contribution in [2.45, 2.75) is 18.9 Å². The maximum Gasteiger partial charge on any atom is 0.397 e. The third-order valence-corrected chi connectivity index (χ3v) is 2.83. The number of hydrogen-bond donors (Lipinski definition) is 0. The highest BCUT2D eigenvalue weighted by atomic mass is 16.6. The number of ether oxygens (including phenoxy) is 1. The van der Waals surface area contributed by atoms with E-state index in [2.05, 4.69) is 4.74 Å². The molecule has 0 radical (unpaired) electrons. The molecule has 0 aliphatic heterocycles. The third-order valence-electron chi connectivity index (χ3n) is 2.83. The van der Waals surface area contributed by atoms with Crippen LogP contribution in [0, 0.1) is 10.1 Å². The van der Waals surface area contributed by atoms with Gasteiger partial charge < -0.3 is 4.74 Å². The molecule has 0 aromatic heterocycles. The molecule has 1 fully saturated rings. The average molecular weight is 264 g/mol. The Kier molecular flexibility index (Phi) is 3.46. The molecule has 1 aromatic carbocycles. The van der Waals surface area contributed by atoms with Gasteiger partial charge in [0, 0.05) is 12.1 Å². The molecule has 19 heavy (non-hydrogen) atoms. The Morgan fingerprint density at radius 2 is 2.00 bits per heavy atom. The quantitative estimate of drug-likeness (QED) is 0.355. The molecule has 7 heteroatoms. The molecule has 1 amide bonds. The van der Waals surface area contributed by atoms with Crippen molar-refractivity contribution in [1.29, 1.82) is 0 Å². The second-order valence-corrected chi connectivity index (χ2v) is 4.14. The third kappa shape index (κ3) is 2.54. The minimum atomic E-state index is -1.02. The van der Waals surface area contributed by atoms with Gasteiger partial charge in [-0.05, 0) is 18.9 Å². The van der Waals surface area contributed by atoms with Gasteiger partial charge in [0.2, 0.25) is 0 Å². The maximum absolute atomic E-state index is 12.0. The van der Waals surface area contributed by atoms with Gasteiger partial charge in [0.15, 0.2) is 0 Å². The number of methoxy groups -OCH3 is 1. The lowest BCUT2D eigenvalue weighted by molar-refractivity contribution is -0.384. The summed E-state index contributed by atoms with van der Waals surface area (Å²) in [6, 6.07) is 5.68. The first kappa shape index (κ1) is 13.0. The second kappa shape index (κ2) is 5.05. The van der Waals surface area contributed by atoms with Crippen LogP contribution >= 0.6 is 0 Å². The summed E-state index contributed by atoms with van der Waals surface area (Å²) in [5, 5.41) is 11.0. The van der Waals surface area contributed by atoms with Crippen molar-refractivity contribution in [2.24, 2.45) is 0 Å². The largest absolute Gasteiger partial charge is 0.462 e. The molecular weight excluding hydrogens is 252 g/mol. The molecule has 1 aromatic rings. The Bertz CT molecular complexity index is 539. The van der Waals surface area contributed by atoms with Crippen LogP contribution in [0.5, 0.6) is 0 Å². The first-order chi connectivity index (χ1) is 9.06. The molecule has 2 rings (SSSR count). The molecule has 1 aliphatic rings. The highest BCUT2D eigenvalue weighted by Gasteiger charge is 2.39. The number of carbonyl (C=O) groups excluding carboxylic acids is 2. The van der Waals surface area contributed by atoms with Crippen LogP contribution in [-0.4, -0.2) is 30.0 Å². The van der Waals surface area contributed by atoms with E-state index in [0.717, 1.165) is 24.9 Å². The van der Waals surface area contributed by atoms with Crippen molar-refractivity contribution in [3.63, 3.8) is 0 Å². The van der Waals surface area contributed by atoms with Crippen molar-refractivity contribution < 1.29 is 19.2 Å². The number of anilines is 1. The van der Waals surface area contributed by atoms with Crippen LogP contribution in [0.1, 0.15) is 12.8 Å². The van der Waals surface area contributed by atoms with E-state index in [1.165, 1.54) is 18.2 Å². The number of nitro benzene ring substituents is 1. The van der Waals surface area contributed by atoms with Gasteiger partial charge in [0.1, 0.15) is 5.69 Å². The fourth-order valence-electron chi connectivity index (χ4n) is 1.81. The van der Waals surface area contributed by atoms with E-state index >= 15 is 0 Å². The van der Waals surface area contributed by atoms with E-state index in [-0.39, 0.29) is 17.4 Å². The first-order valence-electron chi connectivity index (χ1n) is 5.71. The standard InChI is InChI=1S/C12H12N2O5/c1-19-12(16)11(15)13(8-6-7-8)9-4-2-3-5-10(9)14(17)18/h2-5,8H,6-7H2,1H3. The molecule has 0 unspecified atom stereocenters. The van der Waals surface area contributed by atoms with Gasteiger partial charge in [-0.2, -0.15) is 0 Å². The molecule has 0 saturated heterocycles. The van der Waals surface area contributed by atoms with Crippen molar-refractivity contribution in [2.75, 3.05) is 12.0 Å². The van der Waals surface area contributed by atoms with Crippen LogP contribution < -0.4 is 4.90 Å².